The molecule has 0 aliphatic carbocycles. The first-order chi connectivity index (χ1) is 11.3. The predicted octanol–water partition coefficient (Wildman–Crippen LogP) is 4.30. The van der Waals surface area contributed by atoms with Gasteiger partial charge in [0.1, 0.15) is 12.4 Å². The third-order valence-electron chi connectivity index (χ3n) is 4.05. The molecule has 2 aromatic carbocycles. The van der Waals surface area contributed by atoms with Gasteiger partial charge in [-0.2, -0.15) is 0 Å². The summed E-state index contributed by atoms with van der Waals surface area (Å²) in [5, 5.41) is 3.61. The maximum atomic E-state index is 5.96. The fraction of sp³-hybridized carbons (Fsp3) is 0.368. The summed E-state index contributed by atoms with van der Waals surface area (Å²) in [5.74, 6) is 0.889. The molecule has 0 aromatic heterocycles. The van der Waals surface area contributed by atoms with E-state index in [-0.39, 0.29) is 0 Å². The molecule has 0 amide bonds. The minimum absolute atomic E-state index is 0.557. The van der Waals surface area contributed by atoms with Gasteiger partial charge in [0.2, 0.25) is 0 Å². The predicted molar refractivity (Wildman–Crippen MR) is 95.6 cm³/mol. The first kappa shape index (κ1) is 16.5. The molecule has 0 spiro atoms. The van der Waals surface area contributed by atoms with E-state index in [1.165, 1.54) is 11.1 Å². The van der Waals surface area contributed by atoms with Crippen LogP contribution < -0.4 is 10.1 Å². The molecular weight excluding hydrogens is 354 g/mol. The van der Waals surface area contributed by atoms with Crippen molar-refractivity contribution < 1.29 is 9.47 Å². The van der Waals surface area contributed by atoms with E-state index >= 15 is 0 Å². The highest BCUT2D eigenvalue weighted by Gasteiger charge is 2.13. The van der Waals surface area contributed by atoms with Gasteiger partial charge in [0.25, 0.3) is 0 Å². The van der Waals surface area contributed by atoms with Crippen LogP contribution in [0.15, 0.2) is 53.0 Å². The Morgan fingerprint density at radius 1 is 1.04 bits per heavy atom. The summed E-state index contributed by atoms with van der Waals surface area (Å²) < 4.78 is 12.3. The zero-order chi connectivity index (χ0) is 15.9. The smallest absolute Gasteiger partial charge is 0.134 e. The lowest BCUT2D eigenvalue weighted by Crippen LogP contribution is -2.34. The van der Waals surface area contributed by atoms with Gasteiger partial charge in [0, 0.05) is 25.8 Å². The molecule has 23 heavy (non-hydrogen) atoms. The molecule has 4 heteroatoms. The molecule has 1 aliphatic rings. The van der Waals surface area contributed by atoms with Crippen LogP contribution in [0.3, 0.4) is 0 Å². The van der Waals surface area contributed by atoms with Gasteiger partial charge >= 0.3 is 0 Å². The highest BCUT2D eigenvalue weighted by atomic mass is 79.9. The Labute approximate surface area is 146 Å². The molecule has 0 radical (unpaired) electrons. The average Bonchev–Trinajstić information content (AvgIpc) is 2.62. The largest absolute Gasteiger partial charge is 0.488 e. The second-order valence-corrected chi connectivity index (χ2v) is 6.66. The van der Waals surface area contributed by atoms with Crippen LogP contribution in [-0.4, -0.2) is 19.3 Å². The zero-order valence-corrected chi connectivity index (χ0v) is 14.7. The Balaban J connectivity index is 1.57. The number of hydrogen-bond acceptors (Lipinski definition) is 3. The molecule has 1 aliphatic heterocycles. The Bertz CT molecular complexity index is 612. The van der Waals surface area contributed by atoms with E-state index in [0.717, 1.165) is 42.8 Å². The topological polar surface area (TPSA) is 30.5 Å². The fourth-order valence-corrected chi connectivity index (χ4v) is 3.03. The molecular formula is C19H22BrNO2. The van der Waals surface area contributed by atoms with Crippen molar-refractivity contribution in [3.8, 4) is 5.75 Å². The Morgan fingerprint density at radius 2 is 1.83 bits per heavy atom. The lowest BCUT2D eigenvalue weighted by Gasteiger charge is -2.23. The van der Waals surface area contributed by atoms with Gasteiger partial charge in [0.05, 0.1) is 4.47 Å². The molecule has 0 bridgehead atoms. The van der Waals surface area contributed by atoms with E-state index in [4.69, 9.17) is 9.47 Å². The zero-order valence-electron chi connectivity index (χ0n) is 13.1. The number of nitrogens with one attached hydrogen (secondary N) is 1. The van der Waals surface area contributed by atoms with Crippen molar-refractivity contribution in [1.29, 1.82) is 0 Å². The molecule has 3 nitrogen and oxygen atoms in total. The Kier molecular flexibility index (Phi) is 6.08. The van der Waals surface area contributed by atoms with Gasteiger partial charge in [-0.1, -0.05) is 36.4 Å². The van der Waals surface area contributed by atoms with Gasteiger partial charge in [-0.3, -0.25) is 0 Å². The summed E-state index contributed by atoms with van der Waals surface area (Å²) in [6.45, 7) is 3.17. The van der Waals surface area contributed by atoms with Gasteiger partial charge in [-0.25, -0.2) is 0 Å². The number of rotatable bonds is 6. The molecule has 122 valence electrons. The Hall–Kier alpha value is -1.36. The molecule has 2 aromatic rings. The SMILES string of the molecule is Brc1ccc(CNC2CCOCC2)cc1OCc1ccccc1. The van der Waals surface area contributed by atoms with Crippen LogP contribution in [0.2, 0.25) is 0 Å². The molecule has 1 fully saturated rings. The van der Waals surface area contributed by atoms with Gasteiger partial charge in [-0.05, 0) is 52.0 Å². The van der Waals surface area contributed by atoms with Crippen LogP contribution in [-0.2, 0) is 17.9 Å². The molecule has 1 saturated heterocycles. The molecule has 1 heterocycles. The second kappa shape index (κ2) is 8.48. The lowest BCUT2D eigenvalue weighted by molar-refractivity contribution is 0.0776. The van der Waals surface area contributed by atoms with Gasteiger partial charge in [-0.15, -0.1) is 0 Å². The first-order valence-corrected chi connectivity index (χ1v) is 8.87. The highest BCUT2D eigenvalue weighted by Crippen LogP contribution is 2.27. The molecule has 0 unspecified atom stereocenters. The van der Waals surface area contributed by atoms with E-state index in [1.807, 2.05) is 18.2 Å². The summed E-state index contributed by atoms with van der Waals surface area (Å²) in [6.07, 6.45) is 2.18. The first-order valence-electron chi connectivity index (χ1n) is 8.07. The molecule has 3 rings (SSSR count). The maximum absolute atomic E-state index is 5.96. The standard InChI is InChI=1S/C19H22BrNO2/c20-18-7-6-16(13-21-17-8-10-22-11-9-17)12-19(18)23-14-15-4-2-1-3-5-15/h1-7,12,17,21H,8-11,13-14H2. The van der Waals surface area contributed by atoms with E-state index < -0.39 is 0 Å². The summed E-state index contributed by atoms with van der Waals surface area (Å²) >= 11 is 3.57. The van der Waals surface area contributed by atoms with E-state index in [1.54, 1.807) is 0 Å². The van der Waals surface area contributed by atoms with Crippen LogP contribution in [0, 0.1) is 0 Å². The van der Waals surface area contributed by atoms with Crippen LogP contribution in [0.1, 0.15) is 24.0 Å². The van der Waals surface area contributed by atoms with E-state index in [9.17, 15) is 0 Å². The van der Waals surface area contributed by atoms with Crippen molar-refractivity contribution in [1.82, 2.24) is 5.32 Å². The quantitative estimate of drug-likeness (QED) is 0.816. The van der Waals surface area contributed by atoms with Crippen molar-refractivity contribution in [3.05, 3.63) is 64.1 Å². The van der Waals surface area contributed by atoms with Gasteiger partial charge in [0.15, 0.2) is 0 Å². The third-order valence-corrected chi connectivity index (χ3v) is 4.70. The number of benzene rings is 2. The normalized spacial score (nSPS) is 15.5. The van der Waals surface area contributed by atoms with Crippen LogP contribution in [0.4, 0.5) is 0 Å². The summed E-state index contributed by atoms with van der Waals surface area (Å²) in [4.78, 5) is 0. The summed E-state index contributed by atoms with van der Waals surface area (Å²) in [6, 6.07) is 17.1. The second-order valence-electron chi connectivity index (χ2n) is 5.81. The Morgan fingerprint density at radius 3 is 2.61 bits per heavy atom. The van der Waals surface area contributed by atoms with Crippen molar-refractivity contribution >= 4 is 15.9 Å². The van der Waals surface area contributed by atoms with Crippen molar-refractivity contribution in [2.45, 2.75) is 32.0 Å². The minimum atomic E-state index is 0.557. The number of halogens is 1. The summed E-state index contributed by atoms with van der Waals surface area (Å²) in [5.41, 5.74) is 2.41. The van der Waals surface area contributed by atoms with E-state index in [2.05, 4.69) is 51.6 Å². The fourth-order valence-electron chi connectivity index (χ4n) is 2.67. The van der Waals surface area contributed by atoms with Crippen molar-refractivity contribution in [3.63, 3.8) is 0 Å². The minimum Gasteiger partial charge on any atom is -0.488 e. The van der Waals surface area contributed by atoms with Crippen LogP contribution in [0.25, 0.3) is 0 Å². The van der Waals surface area contributed by atoms with Crippen molar-refractivity contribution in [2.75, 3.05) is 13.2 Å². The third kappa shape index (κ3) is 5.06. The highest BCUT2D eigenvalue weighted by molar-refractivity contribution is 9.10. The molecule has 0 saturated carbocycles. The average molecular weight is 376 g/mol. The summed E-state index contributed by atoms with van der Waals surface area (Å²) in [7, 11) is 0. The molecule has 0 atom stereocenters. The number of ether oxygens (including phenoxy) is 2. The van der Waals surface area contributed by atoms with Gasteiger partial charge < -0.3 is 14.8 Å². The van der Waals surface area contributed by atoms with Crippen molar-refractivity contribution in [2.24, 2.45) is 0 Å². The van der Waals surface area contributed by atoms with Crippen LogP contribution >= 0.6 is 15.9 Å². The lowest BCUT2D eigenvalue weighted by atomic mass is 10.1. The number of hydrogen-bond donors (Lipinski definition) is 1. The monoisotopic (exact) mass is 375 g/mol. The van der Waals surface area contributed by atoms with E-state index in [0.29, 0.717) is 12.6 Å². The maximum Gasteiger partial charge on any atom is 0.134 e. The molecule has 1 N–H and O–H groups in total. The van der Waals surface area contributed by atoms with Crippen LogP contribution in [0.5, 0.6) is 5.75 Å².